The molecule has 1 heterocycles. The quantitative estimate of drug-likeness (QED) is 0.729. The van der Waals surface area contributed by atoms with Crippen molar-refractivity contribution in [2.45, 2.75) is 31.3 Å². The molecule has 3 rings (SSSR count). The summed E-state index contributed by atoms with van der Waals surface area (Å²) in [5.74, 6) is -0.528. The highest BCUT2D eigenvalue weighted by atomic mass is 16.4. The third-order valence-electron chi connectivity index (χ3n) is 3.90. The zero-order chi connectivity index (χ0) is 10.7. The number of aliphatic carboxylic acids is 1. The largest absolute Gasteiger partial charge is 0.479 e. The Balaban J connectivity index is 2.21. The van der Waals surface area contributed by atoms with E-state index in [2.05, 4.69) is 0 Å². The molecule has 0 bridgehead atoms. The summed E-state index contributed by atoms with van der Waals surface area (Å²) in [5, 5.41) is 19.7. The maximum Gasteiger partial charge on any atom is 0.341 e. The Kier molecular flexibility index (Phi) is 1.46. The Hall–Kier alpha value is -1.29. The average Bonchev–Trinajstić information content (AvgIpc) is 2.82. The van der Waals surface area contributed by atoms with E-state index in [-0.39, 0.29) is 0 Å². The lowest BCUT2D eigenvalue weighted by atomic mass is 9.71. The summed E-state index contributed by atoms with van der Waals surface area (Å²) in [6, 6.07) is 1.59. The van der Waals surface area contributed by atoms with E-state index in [0.717, 1.165) is 19.3 Å². The van der Waals surface area contributed by atoms with E-state index in [9.17, 15) is 15.0 Å². The number of rotatable bonds is 1. The van der Waals surface area contributed by atoms with Crippen molar-refractivity contribution in [1.82, 2.24) is 0 Å². The second-order valence-corrected chi connectivity index (χ2v) is 4.55. The minimum absolute atomic E-state index is 0.435. The number of aryl methyl sites for hydroxylation is 1. The van der Waals surface area contributed by atoms with Crippen molar-refractivity contribution in [2.75, 3.05) is 0 Å². The van der Waals surface area contributed by atoms with Crippen LogP contribution in [0.5, 0.6) is 0 Å². The Labute approximate surface area is 86.5 Å². The van der Waals surface area contributed by atoms with Crippen LogP contribution in [0.2, 0.25) is 0 Å². The molecule has 1 aromatic heterocycles. The van der Waals surface area contributed by atoms with E-state index >= 15 is 0 Å². The first-order valence-corrected chi connectivity index (χ1v) is 5.13. The zero-order valence-electron chi connectivity index (χ0n) is 8.19. The minimum atomic E-state index is -1.73. The predicted octanol–water partition coefficient (Wildman–Crippen LogP) is 1.28. The molecule has 1 aromatic rings. The van der Waals surface area contributed by atoms with Gasteiger partial charge in [-0.05, 0) is 25.3 Å². The molecule has 2 N–H and O–H groups in total. The molecule has 0 saturated heterocycles. The van der Waals surface area contributed by atoms with Crippen molar-refractivity contribution < 1.29 is 19.4 Å². The molecule has 2 aliphatic rings. The van der Waals surface area contributed by atoms with Gasteiger partial charge in [-0.15, -0.1) is 0 Å². The van der Waals surface area contributed by atoms with Crippen LogP contribution in [0.1, 0.15) is 30.6 Å². The van der Waals surface area contributed by atoms with Crippen LogP contribution in [0.25, 0.3) is 0 Å². The number of carboxylic acid groups (broad SMARTS) is 1. The fourth-order valence-electron chi connectivity index (χ4n) is 2.78. The molecule has 15 heavy (non-hydrogen) atoms. The molecule has 2 aliphatic carbocycles. The third kappa shape index (κ3) is 0.880. The van der Waals surface area contributed by atoms with Crippen LogP contribution in [0.3, 0.4) is 0 Å². The van der Waals surface area contributed by atoms with E-state index in [0.29, 0.717) is 17.7 Å². The second kappa shape index (κ2) is 2.44. The van der Waals surface area contributed by atoms with Crippen molar-refractivity contribution >= 4 is 5.97 Å². The summed E-state index contributed by atoms with van der Waals surface area (Å²) in [6.45, 7) is 0. The molecular weight excluding hydrogens is 196 g/mol. The molecule has 0 aromatic carbocycles. The number of hydrogen-bond donors (Lipinski definition) is 2. The summed E-state index contributed by atoms with van der Waals surface area (Å²) in [4.78, 5) is 11.3. The molecule has 0 radical (unpaired) electrons. The van der Waals surface area contributed by atoms with Gasteiger partial charge in [-0.1, -0.05) is 0 Å². The van der Waals surface area contributed by atoms with Gasteiger partial charge in [0.05, 0.1) is 6.26 Å². The first kappa shape index (κ1) is 8.97. The summed E-state index contributed by atoms with van der Waals surface area (Å²) in [5.41, 5.74) is -1.71. The lowest BCUT2D eigenvalue weighted by Crippen LogP contribution is -2.47. The van der Waals surface area contributed by atoms with Gasteiger partial charge in [0.15, 0.2) is 5.60 Å². The van der Waals surface area contributed by atoms with Gasteiger partial charge in [0.25, 0.3) is 0 Å². The maximum absolute atomic E-state index is 11.3. The van der Waals surface area contributed by atoms with E-state index < -0.39 is 17.0 Å². The minimum Gasteiger partial charge on any atom is -0.479 e. The molecule has 0 amide bonds. The Bertz CT molecular complexity index is 430. The molecule has 0 aliphatic heterocycles. The Morgan fingerprint density at radius 3 is 2.73 bits per heavy atom. The smallest absolute Gasteiger partial charge is 0.341 e. The van der Waals surface area contributed by atoms with Crippen LogP contribution in [0.4, 0.5) is 0 Å². The van der Waals surface area contributed by atoms with Crippen LogP contribution in [-0.4, -0.2) is 16.2 Å². The van der Waals surface area contributed by atoms with Crippen molar-refractivity contribution in [2.24, 2.45) is 5.41 Å². The number of furan rings is 1. The first-order chi connectivity index (χ1) is 7.10. The topological polar surface area (TPSA) is 70.7 Å². The molecule has 4 heteroatoms. The van der Waals surface area contributed by atoms with Crippen LogP contribution in [0.15, 0.2) is 16.7 Å². The highest BCUT2D eigenvalue weighted by molar-refractivity contribution is 5.82. The van der Waals surface area contributed by atoms with Crippen LogP contribution in [0, 0.1) is 5.41 Å². The molecular formula is C11H12O4. The Morgan fingerprint density at radius 1 is 1.40 bits per heavy atom. The number of aliphatic hydroxyl groups is 1. The highest BCUT2D eigenvalue weighted by Crippen LogP contribution is 2.64. The van der Waals surface area contributed by atoms with Crippen molar-refractivity contribution in [1.29, 1.82) is 0 Å². The molecule has 1 fully saturated rings. The van der Waals surface area contributed by atoms with Gasteiger partial charge in [-0.3, -0.25) is 0 Å². The SMILES string of the molecule is O=C(O)C1(O)c2ccoc2CCC12CC2. The van der Waals surface area contributed by atoms with E-state index in [1.807, 2.05) is 0 Å². The van der Waals surface area contributed by atoms with Crippen LogP contribution in [-0.2, 0) is 16.8 Å². The van der Waals surface area contributed by atoms with Crippen molar-refractivity contribution in [3.05, 3.63) is 23.7 Å². The van der Waals surface area contributed by atoms with Crippen LogP contribution >= 0.6 is 0 Å². The fourth-order valence-corrected chi connectivity index (χ4v) is 2.78. The zero-order valence-corrected chi connectivity index (χ0v) is 8.19. The molecule has 80 valence electrons. The second-order valence-electron chi connectivity index (χ2n) is 4.55. The van der Waals surface area contributed by atoms with Gasteiger partial charge in [0.1, 0.15) is 5.76 Å². The van der Waals surface area contributed by atoms with Gasteiger partial charge >= 0.3 is 5.97 Å². The molecule has 1 atom stereocenters. The molecule has 1 spiro atoms. The van der Waals surface area contributed by atoms with Gasteiger partial charge in [-0.25, -0.2) is 4.79 Å². The molecule has 4 nitrogen and oxygen atoms in total. The van der Waals surface area contributed by atoms with Gasteiger partial charge in [-0.2, -0.15) is 0 Å². The number of hydrogen-bond acceptors (Lipinski definition) is 3. The normalized spacial score (nSPS) is 31.3. The monoisotopic (exact) mass is 208 g/mol. The summed E-state index contributed by atoms with van der Waals surface area (Å²) < 4.78 is 5.20. The van der Waals surface area contributed by atoms with Crippen molar-refractivity contribution in [3.8, 4) is 0 Å². The lowest BCUT2D eigenvalue weighted by molar-refractivity contribution is -0.171. The maximum atomic E-state index is 11.3. The van der Waals surface area contributed by atoms with Gasteiger partial charge < -0.3 is 14.6 Å². The number of fused-ring (bicyclic) bond motifs is 1. The number of carbonyl (C=O) groups is 1. The molecule has 1 saturated carbocycles. The summed E-state index contributed by atoms with van der Waals surface area (Å²) in [6.07, 6.45) is 4.48. The van der Waals surface area contributed by atoms with Crippen LogP contribution < -0.4 is 0 Å². The van der Waals surface area contributed by atoms with Crippen molar-refractivity contribution in [3.63, 3.8) is 0 Å². The van der Waals surface area contributed by atoms with E-state index in [4.69, 9.17) is 4.42 Å². The predicted molar refractivity (Wildman–Crippen MR) is 50.2 cm³/mol. The van der Waals surface area contributed by atoms with Gasteiger partial charge in [0, 0.05) is 17.4 Å². The average molecular weight is 208 g/mol. The Morgan fingerprint density at radius 2 is 2.13 bits per heavy atom. The van der Waals surface area contributed by atoms with E-state index in [1.165, 1.54) is 6.26 Å². The first-order valence-electron chi connectivity index (χ1n) is 5.13. The third-order valence-corrected chi connectivity index (χ3v) is 3.90. The summed E-state index contributed by atoms with van der Waals surface area (Å²) in [7, 11) is 0. The number of carboxylic acids is 1. The van der Waals surface area contributed by atoms with Gasteiger partial charge in [0.2, 0.25) is 0 Å². The summed E-state index contributed by atoms with van der Waals surface area (Å²) >= 11 is 0. The fraction of sp³-hybridized carbons (Fsp3) is 0.545. The standard InChI is InChI=1S/C11H12O4/c12-9(13)11(14)7-2-6-15-8(7)1-3-10(11)4-5-10/h2,6,14H,1,3-5H2,(H,12,13). The molecule has 1 unspecified atom stereocenters. The highest BCUT2D eigenvalue weighted by Gasteiger charge is 2.66. The van der Waals surface area contributed by atoms with E-state index in [1.54, 1.807) is 6.07 Å². The lowest BCUT2D eigenvalue weighted by Gasteiger charge is -2.36.